The molecular formula is C26H29IN7O4-. The molecule has 4 rings (SSSR count). The Morgan fingerprint density at radius 1 is 1.26 bits per heavy atom. The van der Waals surface area contributed by atoms with E-state index in [9.17, 15) is 20.2 Å². The molecule has 0 radical (unpaired) electrons. The Hall–Kier alpha value is -3.54. The molecule has 2 fully saturated rings. The van der Waals surface area contributed by atoms with Crippen molar-refractivity contribution in [2.24, 2.45) is 10.7 Å². The standard InChI is InChI=1S/C26H29IN7O4/c1-18(30-20-2-5-23(6-3-20)34(36)37)24(16-29)26(35)31-21-4-7-25(19(14-21)15-28)32-10-8-22(9-11-32)33-12-13-38-17-27-33/h2-7,14,16,22H,8-13,17,29H2,1H3,(H,31,35)/q-1. The number of non-ortho nitro benzene ring substituents is 1. The Morgan fingerprint density at radius 2 is 2.00 bits per heavy atom. The molecular weight excluding hydrogens is 601 g/mol. The number of rotatable bonds is 7. The molecule has 0 aliphatic carbocycles. The van der Waals surface area contributed by atoms with E-state index in [-0.39, 0.29) is 32.7 Å². The third kappa shape index (κ3) is 6.66. The minimum atomic E-state index is -0.492. The molecule has 0 unspecified atom stereocenters. The number of halogens is 1. The van der Waals surface area contributed by atoms with Gasteiger partial charge in [-0.2, -0.15) is 0 Å². The van der Waals surface area contributed by atoms with Crippen LogP contribution in [0, 0.1) is 21.4 Å². The molecule has 2 aromatic rings. The summed E-state index contributed by atoms with van der Waals surface area (Å²) < 4.78 is 9.02. The number of hydrogen-bond acceptors (Lipinski definition) is 9. The Balaban J connectivity index is 1.41. The van der Waals surface area contributed by atoms with Crippen LogP contribution < -0.4 is 37.4 Å². The van der Waals surface area contributed by atoms with Crippen molar-refractivity contribution in [3.8, 4) is 6.07 Å². The van der Waals surface area contributed by atoms with Crippen LogP contribution >= 0.6 is 0 Å². The summed E-state index contributed by atoms with van der Waals surface area (Å²) in [6.45, 7) is 5.23. The number of nitrogens with two attached hydrogens (primary N) is 1. The van der Waals surface area contributed by atoms with Crippen LogP contribution in [0.2, 0.25) is 0 Å². The summed E-state index contributed by atoms with van der Waals surface area (Å²) in [6.07, 6.45) is 3.28. The second-order valence-corrected chi connectivity index (χ2v) is 11.4. The number of nitrogens with zero attached hydrogens (tertiary/aromatic N) is 5. The third-order valence-electron chi connectivity index (χ3n) is 6.46. The van der Waals surface area contributed by atoms with Crippen LogP contribution in [0.25, 0.3) is 0 Å². The van der Waals surface area contributed by atoms with Gasteiger partial charge in [0.15, 0.2) is 0 Å². The fourth-order valence-electron chi connectivity index (χ4n) is 4.47. The zero-order valence-corrected chi connectivity index (χ0v) is 23.1. The zero-order chi connectivity index (χ0) is 27.1. The predicted molar refractivity (Wildman–Crippen MR) is 141 cm³/mol. The molecule has 2 saturated heterocycles. The zero-order valence-electron chi connectivity index (χ0n) is 21.0. The summed E-state index contributed by atoms with van der Waals surface area (Å²) >= 11 is -0.0464. The van der Waals surface area contributed by atoms with Crippen molar-refractivity contribution in [2.75, 3.05) is 41.1 Å². The van der Waals surface area contributed by atoms with Crippen LogP contribution in [0.3, 0.4) is 0 Å². The van der Waals surface area contributed by atoms with E-state index < -0.39 is 10.8 Å². The number of nitriles is 1. The van der Waals surface area contributed by atoms with Gasteiger partial charge < -0.3 is 5.73 Å². The molecule has 38 heavy (non-hydrogen) atoms. The fraction of sp³-hybridized carbons (Fsp3) is 0.346. The third-order valence-corrected chi connectivity index (χ3v) is 9.33. The van der Waals surface area contributed by atoms with Gasteiger partial charge in [0.25, 0.3) is 5.69 Å². The number of nitro benzene ring substituents is 1. The molecule has 11 nitrogen and oxygen atoms in total. The molecule has 3 N–H and O–H groups in total. The van der Waals surface area contributed by atoms with E-state index in [0.717, 1.165) is 49.4 Å². The van der Waals surface area contributed by atoms with Gasteiger partial charge in [-0.1, -0.05) is 0 Å². The molecule has 0 aromatic heterocycles. The van der Waals surface area contributed by atoms with Crippen molar-refractivity contribution in [2.45, 2.75) is 25.8 Å². The van der Waals surface area contributed by atoms with Gasteiger partial charge in [-0.15, -0.1) is 0 Å². The number of anilines is 2. The number of nitrogens with one attached hydrogen (secondary N) is 1. The molecule has 0 saturated carbocycles. The first-order valence-corrected chi connectivity index (χ1v) is 14.6. The van der Waals surface area contributed by atoms with Crippen LogP contribution in [0.4, 0.5) is 22.7 Å². The van der Waals surface area contributed by atoms with E-state index in [1.165, 1.54) is 30.5 Å². The molecule has 2 aromatic carbocycles. The average molecular weight is 630 g/mol. The van der Waals surface area contributed by atoms with E-state index in [4.69, 9.17) is 10.5 Å². The van der Waals surface area contributed by atoms with E-state index in [0.29, 0.717) is 28.7 Å². The Morgan fingerprint density at radius 3 is 2.61 bits per heavy atom. The van der Waals surface area contributed by atoms with Crippen LogP contribution in [-0.2, 0) is 9.53 Å². The van der Waals surface area contributed by atoms with Crippen molar-refractivity contribution in [1.82, 2.24) is 3.11 Å². The summed E-state index contributed by atoms with van der Waals surface area (Å²) in [7, 11) is 0. The van der Waals surface area contributed by atoms with Crippen molar-refractivity contribution in [1.29, 1.82) is 5.26 Å². The second-order valence-electron chi connectivity index (χ2n) is 8.83. The normalized spacial score (nSPS) is 17.8. The molecule has 2 aliphatic rings. The van der Waals surface area contributed by atoms with Crippen molar-refractivity contribution in [3.05, 3.63) is 69.9 Å². The van der Waals surface area contributed by atoms with E-state index in [1.54, 1.807) is 19.1 Å². The second kappa shape index (κ2) is 12.8. The molecule has 1 amide bonds. The number of piperidine rings is 1. The molecule has 200 valence electrons. The van der Waals surface area contributed by atoms with Gasteiger partial charge in [0, 0.05) is 18.3 Å². The molecule has 0 spiro atoms. The first-order valence-electron chi connectivity index (χ1n) is 12.2. The number of benzene rings is 2. The van der Waals surface area contributed by atoms with Crippen LogP contribution in [0.5, 0.6) is 0 Å². The molecule has 2 heterocycles. The summed E-state index contributed by atoms with van der Waals surface area (Å²) in [5, 5.41) is 23.5. The topological polar surface area (TPSA) is 150 Å². The monoisotopic (exact) mass is 630 g/mol. The van der Waals surface area contributed by atoms with Crippen LogP contribution in [-0.4, -0.2) is 56.6 Å². The number of ether oxygens (including phenoxy) is 1. The van der Waals surface area contributed by atoms with Crippen LogP contribution in [0.15, 0.2) is 59.2 Å². The maximum atomic E-state index is 13.0. The number of carbonyl (C=O) groups is 1. The number of amides is 1. The summed E-state index contributed by atoms with van der Waals surface area (Å²) in [5.74, 6) is -0.470. The Kier molecular flexibility index (Phi) is 9.27. The summed E-state index contributed by atoms with van der Waals surface area (Å²) in [5.41, 5.74) is 8.47. The van der Waals surface area contributed by atoms with E-state index in [2.05, 4.69) is 24.4 Å². The minimum absolute atomic E-state index is 0.0464. The molecule has 12 heteroatoms. The Bertz CT molecular complexity index is 1280. The van der Waals surface area contributed by atoms with Crippen molar-refractivity contribution in [3.63, 3.8) is 0 Å². The SMILES string of the molecule is CC(=Nc1ccc([N+](=O)[O-])cc1)C(=CN)C(=O)Nc1ccc(N2CCC(N3CCOC[I-]3)CC2)c(C#N)c1. The first-order chi connectivity index (χ1) is 18.4. The molecule has 0 bridgehead atoms. The number of alkyl halides is 1. The number of nitro groups is 1. The predicted octanol–water partition coefficient (Wildman–Crippen LogP) is 0.303. The van der Waals surface area contributed by atoms with Crippen molar-refractivity contribution < 1.29 is 35.9 Å². The summed E-state index contributed by atoms with van der Waals surface area (Å²) in [6, 6.07) is 13.9. The maximum absolute atomic E-state index is 13.0. The average Bonchev–Trinajstić information content (AvgIpc) is 2.94. The number of hydrogen-bond donors (Lipinski definition) is 2. The van der Waals surface area contributed by atoms with Crippen LogP contribution in [0.1, 0.15) is 25.3 Å². The van der Waals surface area contributed by atoms with E-state index in [1.807, 2.05) is 6.07 Å². The summed E-state index contributed by atoms with van der Waals surface area (Å²) in [4.78, 5) is 29.9. The van der Waals surface area contributed by atoms with Gasteiger partial charge in [0.1, 0.15) is 0 Å². The van der Waals surface area contributed by atoms with Gasteiger partial charge in [-0.25, -0.2) is 0 Å². The number of aliphatic imine (C=N–C) groups is 1. The molecule has 2 aliphatic heterocycles. The van der Waals surface area contributed by atoms with Crippen molar-refractivity contribution >= 4 is 34.4 Å². The number of carbonyl (C=O) groups excluding carboxylic acids is 1. The molecule has 0 atom stereocenters. The quantitative estimate of drug-likeness (QED) is 0.0845. The fourth-order valence-corrected chi connectivity index (χ4v) is 6.99. The van der Waals surface area contributed by atoms with Gasteiger partial charge in [-0.3, -0.25) is 15.1 Å². The van der Waals surface area contributed by atoms with Gasteiger partial charge in [0.2, 0.25) is 0 Å². The van der Waals surface area contributed by atoms with Gasteiger partial charge in [0.05, 0.1) is 16.3 Å². The van der Waals surface area contributed by atoms with E-state index >= 15 is 0 Å². The first kappa shape index (κ1) is 27.5. The van der Waals surface area contributed by atoms with Gasteiger partial charge in [-0.05, 0) is 19.1 Å². The Labute approximate surface area is 231 Å². The van der Waals surface area contributed by atoms with Gasteiger partial charge >= 0.3 is 152 Å².